The Bertz CT molecular complexity index is 555. The summed E-state index contributed by atoms with van der Waals surface area (Å²) in [5.41, 5.74) is 1.89. The SMILES string of the molecule is CCc1cc(-c2nc(C[C@@H]3CCCO3)no2)n(C)n1. The molecule has 0 unspecified atom stereocenters. The van der Waals surface area contributed by atoms with Crippen LogP contribution >= 0.6 is 0 Å². The van der Waals surface area contributed by atoms with Crippen molar-refractivity contribution in [2.75, 3.05) is 6.61 Å². The lowest BCUT2D eigenvalue weighted by atomic mass is 10.2. The Morgan fingerprint density at radius 1 is 1.47 bits per heavy atom. The van der Waals surface area contributed by atoms with Gasteiger partial charge in [0.25, 0.3) is 5.89 Å². The van der Waals surface area contributed by atoms with Crippen molar-refractivity contribution in [1.29, 1.82) is 0 Å². The molecule has 6 heteroatoms. The van der Waals surface area contributed by atoms with E-state index in [0.29, 0.717) is 11.7 Å². The molecule has 1 aliphatic heterocycles. The van der Waals surface area contributed by atoms with Gasteiger partial charge in [0.05, 0.1) is 11.8 Å². The standard InChI is InChI=1S/C13H18N4O2/c1-3-9-7-11(17(2)15-9)13-14-12(16-19-13)8-10-5-4-6-18-10/h7,10H,3-6,8H2,1-2H3/t10-/m0/s1. The second kappa shape index (κ2) is 5.13. The van der Waals surface area contributed by atoms with E-state index >= 15 is 0 Å². The van der Waals surface area contributed by atoms with Crippen molar-refractivity contribution < 1.29 is 9.26 Å². The fraction of sp³-hybridized carbons (Fsp3) is 0.615. The Balaban J connectivity index is 1.77. The third kappa shape index (κ3) is 2.53. The zero-order valence-electron chi connectivity index (χ0n) is 11.3. The highest BCUT2D eigenvalue weighted by Gasteiger charge is 2.20. The summed E-state index contributed by atoms with van der Waals surface area (Å²) in [6.45, 7) is 2.92. The van der Waals surface area contributed by atoms with E-state index in [1.165, 1.54) is 0 Å². The molecule has 0 amide bonds. The Hall–Kier alpha value is -1.69. The van der Waals surface area contributed by atoms with E-state index in [4.69, 9.17) is 9.26 Å². The molecule has 6 nitrogen and oxygen atoms in total. The molecule has 1 aliphatic rings. The maximum atomic E-state index is 5.58. The third-order valence-corrected chi connectivity index (χ3v) is 3.41. The first-order valence-electron chi connectivity index (χ1n) is 6.73. The molecular weight excluding hydrogens is 244 g/mol. The highest BCUT2D eigenvalue weighted by atomic mass is 16.5. The number of hydrogen-bond acceptors (Lipinski definition) is 5. The molecule has 2 aromatic rings. The molecule has 1 atom stereocenters. The molecule has 0 aromatic carbocycles. The summed E-state index contributed by atoms with van der Waals surface area (Å²) in [6, 6.07) is 1.99. The van der Waals surface area contributed by atoms with E-state index in [-0.39, 0.29) is 6.10 Å². The summed E-state index contributed by atoms with van der Waals surface area (Å²) in [4.78, 5) is 4.43. The van der Waals surface area contributed by atoms with Crippen LogP contribution in [0.25, 0.3) is 11.6 Å². The lowest BCUT2D eigenvalue weighted by molar-refractivity contribution is 0.109. The molecular formula is C13H18N4O2. The van der Waals surface area contributed by atoms with Gasteiger partial charge in [-0.3, -0.25) is 4.68 Å². The van der Waals surface area contributed by atoms with E-state index < -0.39 is 0 Å². The second-order valence-corrected chi connectivity index (χ2v) is 4.85. The second-order valence-electron chi connectivity index (χ2n) is 4.85. The number of rotatable bonds is 4. The Kier molecular flexibility index (Phi) is 3.33. The maximum absolute atomic E-state index is 5.58. The number of ether oxygens (including phenoxy) is 1. The molecule has 3 rings (SSSR count). The first kappa shape index (κ1) is 12.3. The fourth-order valence-corrected chi connectivity index (χ4v) is 2.35. The zero-order valence-corrected chi connectivity index (χ0v) is 11.3. The van der Waals surface area contributed by atoms with Crippen molar-refractivity contribution in [2.45, 2.75) is 38.7 Å². The highest BCUT2D eigenvalue weighted by Crippen LogP contribution is 2.20. The van der Waals surface area contributed by atoms with Crippen LogP contribution in [0.15, 0.2) is 10.6 Å². The summed E-state index contributed by atoms with van der Waals surface area (Å²) in [5, 5.41) is 8.41. The van der Waals surface area contributed by atoms with Gasteiger partial charge in [0.15, 0.2) is 5.82 Å². The Labute approximate surface area is 111 Å². The highest BCUT2D eigenvalue weighted by molar-refractivity contribution is 5.47. The summed E-state index contributed by atoms with van der Waals surface area (Å²) in [6.07, 6.45) is 4.06. The van der Waals surface area contributed by atoms with E-state index in [1.807, 2.05) is 13.1 Å². The van der Waals surface area contributed by atoms with Gasteiger partial charge < -0.3 is 9.26 Å². The van der Waals surface area contributed by atoms with Crippen LogP contribution < -0.4 is 0 Å². The van der Waals surface area contributed by atoms with Crippen LogP contribution in [-0.2, 0) is 24.6 Å². The predicted molar refractivity (Wildman–Crippen MR) is 68.6 cm³/mol. The number of aromatic nitrogens is 4. The van der Waals surface area contributed by atoms with Crippen molar-refractivity contribution in [3.8, 4) is 11.6 Å². The van der Waals surface area contributed by atoms with Crippen LogP contribution in [-0.4, -0.2) is 32.6 Å². The van der Waals surface area contributed by atoms with Crippen LogP contribution in [0.3, 0.4) is 0 Å². The lowest BCUT2D eigenvalue weighted by Crippen LogP contribution is -2.09. The quantitative estimate of drug-likeness (QED) is 0.840. The van der Waals surface area contributed by atoms with Crippen LogP contribution in [0.5, 0.6) is 0 Å². The average Bonchev–Trinajstić information content (AvgIpc) is 3.10. The Morgan fingerprint density at radius 2 is 2.37 bits per heavy atom. The average molecular weight is 262 g/mol. The minimum absolute atomic E-state index is 0.239. The van der Waals surface area contributed by atoms with Crippen LogP contribution in [0.4, 0.5) is 0 Å². The maximum Gasteiger partial charge on any atom is 0.276 e. The van der Waals surface area contributed by atoms with Gasteiger partial charge in [-0.2, -0.15) is 10.1 Å². The van der Waals surface area contributed by atoms with Gasteiger partial charge in [-0.1, -0.05) is 12.1 Å². The smallest absolute Gasteiger partial charge is 0.276 e. The monoisotopic (exact) mass is 262 g/mol. The molecule has 0 aliphatic carbocycles. The lowest BCUT2D eigenvalue weighted by Gasteiger charge is -2.03. The van der Waals surface area contributed by atoms with Crippen molar-refractivity contribution in [1.82, 2.24) is 19.9 Å². The number of aryl methyl sites for hydroxylation is 2. The molecule has 2 aromatic heterocycles. The summed E-state index contributed by atoms with van der Waals surface area (Å²) in [7, 11) is 1.89. The van der Waals surface area contributed by atoms with Crippen molar-refractivity contribution in [3.63, 3.8) is 0 Å². The molecule has 102 valence electrons. The molecule has 0 spiro atoms. The topological polar surface area (TPSA) is 66.0 Å². The van der Waals surface area contributed by atoms with Gasteiger partial charge in [0.2, 0.25) is 0 Å². The number of hydrogen-bond donors (Lipinski definition) is 0. The summed E-state index contributed by atoms with van der Waals surface area (Å²) in [5.74, 6) is 1.24. The fourth-order valence-electron chi connectivity index (χ4n) is 2.35. The molecule has 0 saturated carbocycles. The summed E-state index contributed by atoms with van der Waals surface area (Å²) < 4.78 is 12.7. The van der Waals surface area contributed by atoms with Crippen LogP contribution in [0, 0.1) is 0 Å². The first-order valence-corrected chi connectivity index (χ1v) is 6.73. The molecule has 19 heavy (non-hydrogen) atoms. The van der Waals surface area contributed by atoms with E-state index in [1.54, 1.807) is 4.68 Å². The van der Waals surface area contributed by atoms with Gasteiger partial charge in [-0.15, -0.1) is 0 Å². The van der Waals surface area contributed by atoms with Crippen LogP contribution in [0.2, 0.25) is 0 Å². The first-order chi connectivity index (χ1) is 9.26. The van der Waals surface area contributed by atoms with Gasteiger partial charge >= 0.3 is 0 Å². The van der Waals surface area contributed by atoms with Gasteiger partial charge in [0.1, 0.15) is 5.69 Å². The molecule has 3 heterocycles. The molecule has 0 bridgehead atoms. The minimum atomic E-state index is 0.239. The van der Waals surface area contributed by atoms with Gasteiger partial charge in [0, 0.05) is 20.1 Å². The van der Waals surface area contributed by atoms with Crippen molar-refractivity contribution in [3.05, 3.63) is 17.6 Å². The predicted octanol–water partition coefficient (Wildman–Crippen LogP) is 1.75. The zero-order chi connectivity index (χ0) is 13.2. The minimum Gasteiger partial charge on any atom is -0.378 e. The van der Waals surface area contributed by atoms with Crippen LogP contribution in [0.1, 0.15) is 31.3 Å². The third-order valence-electron chi connectivity index (χ3n) is 3.41. The molecule has 0 radical (unpaired) electrons. The van der Waals surface area contributed by atoms with E-state index in [0.717, 1.165) is 43.7 Å². The van der Waals surface area contributed by atoms with E-state index in [9.17, 15) is 0 Å². The normalized spacial score (nSPS) is 19.2. The molecule has 1 fully saturated rings. The summed E-state index contributed by atoms with van der Waals surface area (Å²) >= 11 is 0. The van der Waals surface area contributed by atoms with Gasteiger partial charge in [-0.05, 0) is 25.3 Å². The van der Waals surface area contributed by atoms with Gasteiger partial charge in [-0.25, -0.2) is 0 Å². The van der Waals surface area contributed by atoms with Crippen molar-refractivity contribution in [2.24, 2.45) is 7.05 Å². The molecule has 1 saturated heterocycles. The Morgan fingerprint density at radius 3 is 3.05 bits per heavy atom. The molecule has 0 N–H and O–H groups in total. The largest absolute Gasteiger partial charge is 0.378 e. The number of nitrogens with zero attached hydrogens (tertiary/aromatic N) is 4. The van der Waals surface area contributed by atoms with Crippen molar-refractivity contribution >= 4 is 0 Å². The van der Waals surface area contributed by atoms with E-state index in [2.05, 4.69) is 22.2 Å².